The summed E-state index contributed by atoms with van der Waals surface area (Å²) in [6.07, 6.45) is 1.58. The SMILES string of the molecule is COc1cccc(N2CCN(C(=O)c3ccc(C)nc3C3CCN(C(=O)NCc4ccccc4)CC3)CC2)c1. The largest absolute Gasteiger partial charge is 0.497 e. The van der Waals surface area contributed by atoms with E-state index >= 15 is 0 Å². The maximum absolute atomic E-state index is 13.7. The molecule has 2 aliphatic heterocycles. The number of amides is 3. The van der Waals surface area contributed by atoms with Gasteiger partial charge >= 0.3 is 6.03 Å². The smallest absolute Gasteiger partial charge is 0.317 e. The van der Waals surface area contributed by atoms with Gasteiger partial charge in [-0.05, 0) is 49.6 Å². The lowest BCUT2D eigenvalue weighted by Gasteiger charge is -2.37. The van der Waals surface area contributed by atoms with Crippen LogP contribution in [0.1, 0.15) is 46.1 Å². The fraction of sp³-hybridized carbons (Fsp3) is 0.387. The van der Waals surface area contributed by atoms with E-state index in [4.69, 9.17) is 9.72 Å². The van der Waals surface area contributed by atoms with Gasteiger partial charge in [0.15, 0.2) is 0 Å². The van der Waals surface area contributed by atoms with Gasteiger partial charge in [-0.1, -0.05) is 36.4 Å². The molecule has 1 aromatic heterocycles. The van der Waals surface area contributed by atoms with Crippen molar-refractivity contribution in [2.24, 2.45) is 0 Å². The van der Waals surface area contributed by atoms with Gasteiger partial charge in [-0.3, -0.25) is 9.78 Å². The van der Waals surface area contributed by atoms with Crippen molar-refractivity contribution in [3.8, 4) is 5.75 Å². The molecule has 1 N–H and O–H groups in total. The Labute approximate surface area is 230 Å². The second kappa shape index (κ2) is 12.2. The molecule has 0 bridgehead atoms. The zero-order chi connectivity index (χ0) is 27.2. The molecule has 0 atom stereocenters. The molecule has 2 aliphatic rings. The highest BCUT2D eigenvalue weighted by Gasteiger charge is 2.30. The molecule has 0 aliphatic carbocycles. The number of likely N-dealkylation sites (tertiary alicyclic amines) is 1. The summed E-state index contributed by atoms with van der Waals surface area (Å²) in [5.74, 6) is 1.03. The number of piperidine rings is 1. The van der Waals surface area contributed by atoms with Crippen LogP contribution in [0.5, 0.6) is 5.75 Å². The Morgan fingerprint density at radius 1 is 0.897 bits per heavy atom. The molecule has 5 rings (SSSR count). The lowest BCUT2D eigenvalue weighted by molar-refractivity contribution is 0.0743. The Bertz CT molecular complexity index is 1280. The van der Waals surface area contributed by atoms with E-state index in [1.54, 1.807) is 7.11 Å². The number of rotatable bonds is 6. The van der Waals surface area contributed by atoms with E-state index in [9.17, 15) is 9.59 Å². The second-order valence-electron chi connectivity index (χ2n) is 10.3. The van der Waals surface area contributed by atoms with Gasteiger partial charge in [0.1, 0.15) is 5.75 Å². The third kappa shape index (κ3) is 6.33. The third-order valence-corrected chi connectivity index (χ3v) is 7.74. The summed E-state index contributed by atoms with van der Waals surface area (Å²) in [4.78, 5) is 37.4. The Balaban J connectivity index is 1.19. The van der Waals surface area contributed by atoms with E-state index < -0.39 is 0 Å². The molecule has 2 aromatic carbocycles. The number of methoxy groups -OCH3 is 1. The molecule has 8 nitrogen and oxygen atoms in total. The number of nitrogens with zero attached hydrogens (tertiary/aromatic N) is 4. The highest BCUT2D eigenvalue weighted by Crippen LogP contribution is 2.31. The molecule has 0 saturated carbocycles. The summed E-state index contributed by atoms with van der Waals surface area (Å²) in [6.45, 7) is 6.63. The maximum atomic E-state index is 13.7. The van der Waals surface area contributed by atoms with Gasteiger partial charge in [-0.15, -0.1) is 0 Å². The lowest BCUT2D eigenvalue weighted by Crippen LogP contribution is -2.49. The van der Waals surface area contributed by atoms with E-state index in [0.29, 0.717) is 38.3 Å². The number of carbonyl (C=O) groups is 2. The number of urea groups is 1. The normalized spacial score (nSPS) is 16.2. The average Bonchev–Trinajstić information content (AvgIpc) is 3.00. The minimum Gasteiger partial charge on any atom is -0.497 e. The molecular weight excluding hydrogens is 490 g/mol. The number of benzene rings is 2. The number of pyridine rings is 1. The summed E-state index contributed by atoms with van der Waals surface area (Å²) < 4.78 is 5.37. The fourth-order valence-electron chi connectivity index (χ4n) is 5.46. The van der Waals surface area contributed by atoms with Crippen LogP contribution >= 0.6 is 0 Å². The van der Waals surface area contributed by atoms with Gasteiger partial charge < -0.3 is 24.8 Å². The van der Waals surface area contributed by atoms with Crippen LogP contribution in [-0.2, 0) is 6.54 Å². The minimum absolute atomic E-state index is 0.0419. The van der Waals surface area contributed by atoms with E-state index in [2.05, 4.69) is 16.3 Å². The molecule has 0 unspecified atom stereocenters. The third-order valence-electron chi connectivity index (χ3n) is 7.74. The first-order valence-electron chi connectivity index (χ1n) is 13.7. The summed E-state index contributed by atoms with van der Waals surface area (Å²) in [6, 6.07) is 21.8. The molecule has 3 amide bonds. The number of carbonyl (C=O) groups excluding carboxylic acids is 2. The van der Waals surface area contributed by atoms with Crippen LogP contribution in [-0.4, -0.2) is 73.1 Å². The summed E-state index contributed by atoms with van der Waals surface area (Å²) >= 11 is 0. The molecule has 2 saturated heterocycles. The fourth-order valence-corrected chi connectivity index (χ4v) is 5.46. The molecule has 204 valence electrons. The maximum Gasteiger partial charge on any atom is 0.317 e. The predicted molar refractivity (Wildman–Crippen MR) is 152 cm³/mol. The molecule has 2 fully saturated rings. The summed E-state index contributed by atoms with van der Waals surface area (Å²) in [5.41, 5.74) is 4.67. The molecular formula is C31H37N5O3. The van der Waals surface area contributed by atoms with Gasteiger partial charge in [0.2, 0.25) is 0 Å². The van der Waals surface area contributed by atoms with Crippen molar-refractivity contribution in [3.05, 3.63) is 89.2 Å². The number of ether oxygens (including phenoxy) is 1. The second-order valence-corrected chi connectivity index (χ2v) is 10.3. The molecule has 0 spiro atoms. The number of aryl methyl sites for hydroxylation is 1. The molecule has 3 aromatic rings. The first-order chi connectivity index (χ1) is 19.0. The van der Waals surface area contributed by atoms with Crippen molar-refractivity contribution in [1.82, 2.24) is 20.1 Å². The summed E-state index contributed by atoms with van der Waals surface area (Å²) in [7, 11) is 1.67. The monoisotopic (exact) mass is 527 g/mol. The van der Waals surface area contributed by atoms with E-state index in [1.807, 2.05) is 77.4 Å². The van der Waals surface area contributed by atoms with Gasteiger partial charge in [-0.25, -0.2) is 4.79 Å². The number of aromatic nitrogens is 1. The Hall–Kier alpha value is -4.07. The minimum atomic E-state index is -0.0419. The summed E-state index contributed by atoms with van der Waals surface area (Å²) in [5, 5.41) is 3.03. The Kier molecular flexibility index (Phi) is 8.30. The van der Waals surface area contributed by atoms with E-state index in [1.165, 1.54) is 0 Å². The van der Waals surface area contributed by atoms with Crippen LogP contribution in [0, 0.1) is 6.92 Å². The van der Waals surface area contributed by atoms with Crippen molar-refractivity contribution >= 4 is 17.6 Å². The van der Waals surface area contributed by atoms with Crippen LogP contribution < -0.4 is 15.0 Å². The lowest BCUT2D eigenvalue weighted by atomic mass is 9.89. The van der Waals surface area contributed by atoms with Gasteiger partial charge in [0, 0.05) is 69.2 Å². The molecule has 0 radical (unpaired) electrons. The number of anilines is 1. The molecule has 3 heterocycles. The topological polar surface area (TPSA) is 78.0 Å². The van der Waals surface area contributed by atoms with Crippen LogP contribution in [0.4, 0.5) is 10.5 Å². The Morgan fingerprint density at radius 2 is 1.64 bits per heavy atom. The first kappa shape index (κ1) is 26.5. The van der Waals surface area contributed by atoms with Gasteiger partial charge in [-0.2, -0.15) is 0 Å². The zero-order valence-corrected chi connectivity index (χ0v) is 22.8. The van der Waals surface area contributed by atoms with E-state index in [0.717, 1.165) is 54.3 Å². The highest BCUT2D eigenvalue weighted by molar-refractivity contribution is 5.95. The first-order valence-corrected chi connectivity index (χ1v) is 13.7. The van der Waals surface area contributed by atoms with Gasteiger partial charge in [0.05, 0.1) is 18.4 Å². The average molecular weight is 528 g/mol. The van der Waals surface area contributed by atoms with Gasteiger partial charge in [0.25, 0.3) is 5.91 Å². The van der Waals surface area contributed by atoms with Crippen molar-refractivity contribution < 1.29 is 14.3 Å². The molecule has 39 heavy (non-hydrogen) atoms. The number of hydrogen-bond donors (Lipinski definition) is 1. The van der Waals surface area contributed by atoms with Crippen molar-refractivity contribution in [2.45, 2.75) is 32.2 Å². The number of piperazine rings is 1. The Morgan fingerprint density at radius 3 is 2.36 bits per heavy atom. The standard InChI is InChI=1S/C31H37N5O3/c1-23-11-12-28(30(37)35-19-17-34(18-20-35)26-9-6-10-27(21-26)39-2)29(33-23)25-13-15-36(16-14-25)31(38)32-22-24-7-4-3-5-8-24/h3-12,21,25H,13-20,22H2,1-2H3,(H,32,38). The quantitative estimate of drug-likeness (QED) is 0.513. The zero-order valence-electron chi connectivity index (χ0n) is 22.8. The number of nitrogens with one attached hydrogen (secondary N) is 1. The predicted octanol–water partition coefficient (Wildman–Crippen LogP) is 4.45. The van der Waals surface area contributed by atoms with Crippen LogP contribution in [0.2, 0.25) is 0 Å². The van der Waals surface area contributed by atoms with E-state index in [-0.39, 0.29) is 17.9 Å². The molecule has 8 heteroatoms. The highest BCUT2D eigenvalue weighted by atomic mass is 16.5. The van der Waals surface area contributed by atoms with Crippen molar-refractivity contribution in [3.63, 3.8) is 0 Å². The van der Waals surface area contributed by atoms with Crippen LogP contribution in [0.3, 0.4) is 0 Å². The van der Waals surface area contributed by atoms with Crippen molar-refractivity contribution in [1.29, 1.82) is 0 Å². The van der Waals surface area contributed by atoms with Crippen LogP contribution in [0.25, 0.3) is 0 Å². The number of hydrogen-bond acceptors (Lipinski definition) is 5. The van der Waals surface area contributed by atoms with Crippen molar-refractivity contribution in [2.75, 3.05) is 51.3 Å². The van der Waals surface area contributed by atoms with Crippen LogP contribution in [0.15, 0.2) is 66.7 Å².